The van der Waals surface area contributed by atoms with E-state index in [1.54, 1.807) is 23.6 Å². The summed E-state index contributed by atoms with van der Waals surface area (Å²) in [5.41, 5.74) is 0.531. The summed E-state index contributed by atoms with van der Waals surface area (Å²) < 4.78 is 49.9. The largest absolute Gasteiger partial charge is 1.00 e. The molecule has 0 atom stereocenters. The van der Waals surface area contributed by atoms with Gasteiger partial charge in [-0.3, -0.25) is 14.5 Å². The highest BCUT2D eigenvalue weighted by atomic mass is 79.9. The average Bonchev–Trinajstić information content (AvgIpc) is 3.19. The summed E-state index contributed by atoms with van der Waals surface area (Å²) in [7, 11) is 0. The predicted molar refractivity (Wildman–Crippen MR) is 214 cm³/mol. The Bertz CT molecular complexity index is 1920. The zero-order valence-corrected chi connectivity index (χ0v) is 34.8. The minimum absolute atomic E-state index is 0. The van der Waals surface area contributed by atoms with Crippen molar-refractivity contribution < 1.29 is 49.3 Å². The Morgan fingerprint density at radius 3 is 1.93 bits per heavy atom. The summed E-state index contributed by atoms with van der Waals surface area (Å²) in [5, 5.41) is 0.299. The van der Waals surface area contributed by atoms with E-state index in [1.807, 2.05) is 38.1 Å². The van der Waals surface area contributed by atoms with Gasteiger partial charge in [-0.1, -0.05) is 33.1 Å². The van der Waals surface area contributed by atoms with Crippen LogP contribution in [0.25, 0.3) is 16.6 Å². The normalized spacial score (nSPS) is 17.4. The molecule has 0 spiro atoms. The van der Waals surface area contributed by atoms with Gasteiger partial charge in [0, 0.05) is 73.8 Å². The summed E-state index contributed by atoms with van der Waals surface area (Å²) in [5.74, 6) is -0.527. The van der Waals surface area contributed by atoms with Gasteiger partial charge >= 0.3 is 0 Å². The molecule has 3 fully saturated rings. The van der Waals surface area contributed by atoms with Crippen LogP contribution in [0.3, 0.4) is 0 Å². The lowest BCUT2D eigenvalue weighted by Crippen LogP contribution is -3.00. The van der Waals surface area contributed by atoms with Crippen LogP contribution in [0.2, 0.25) is 0 Å². The number of benzene rings is 3. The van der Waals surface area contributed by atoms with Gasteiger partial charge in [-0.15, -0.1) is 0 Å². The van der Waals surface area contributed by atoms with Gasteiger partial charge in [0.2, 0.25) is 5.43 Å². The van der Waals surface area contributed by atoms with E-state index < -0.39 is 23.0 Å². The number of nitrogens with zero attached hydrogens (tertiary/aromatic N) is 4. The highest BCUT2D eigenvalue weighted by molar-refractivity contribution is 6.07. The number of aromatic nitrogens is 1. The second kappa shape index (κ2) is 20.4. The summed E-state index contributed by atoms with van der Waals surface area (Å²) >= 11 is 0. The van der Waals surface area contributed by atoms with Crippen molar-refractivity contribution in [2.75, 3.05) is 77.1 Å². The van der Waals surface area contributed by atoms with E-state index in [9.17, 15) is 18.4 Å². The van der Waals surface area contributed by atoms with Crippen molar-refractivity contribution in [3.05, 3.63) is 88.2 Å². The number of hydrogen-bond donors (Lipinski definition) is 0. The van der Waals surface area contributed by atoms with Crippen LogP contribution in [0.4, 0.5) is 14.5 Å². The molecule has 4 heterocycles. The molecule has 1 aromatic heterocycles. The lowest BCUT2D eigenvalue weighted by molar-refractivity contribution is -0.941. The number of pyridine rings is 1. The lowest BCUT2D eigenvalue weighted by Gasteiger charge is -2.50. The summed E-state index contributed by atoms with van der Waals surface area (Å²) in [6.45, 7) is 16.5. The SMILES string of the molecule is CCCOc1cc(OCCC)cc(-n2cc(C(=O)N(CC)c3cc(F)cc(F)c3)c(=O)c3ccc(OCCCCCCCC[N+]45CCN(CC4)CC5)cc32)c1.[Br-]. The first-order valence-electron chi connectivity index (χ1n) is 20.3. The second-order valence-electron chi connectivity index (χ2n) is 15.0. The van der Waals surface area contributed by atoms with Crippen molar-refractivity contribution in [2.45, 2.75) is 72.1 Å². The van der Waals surface area contributed by atoms with Gasteiger partial charge in [-0.2, -0.15) is 0 Å². The fourth-order valence-corrected chi connectivity index (χ4v) is 7.86. The zero-order valence-electron chi connectivity index (χ0n) is 33.2. The van der Waals surface area contributed by atoms with E-state index >= 15 is 0 Å². The van der Waals surface area contributed by atoms with Gasteiger partial charge in [-0.25, -0.2) is 8.78 Å². The number of hydrogen-bond acceptors (Lipinski definition) is 6. The Kier molecular flexibility index (Phi) is 15.7. The first kappa shape index (κ1) is 43.1. The summed E-state index contributed by atoms with van der Waals surface area (Å²) in [6.07, 6.45) is 10.1. The number of halogens is 3. The molecule has 9 nitrogen and oxygen atoms in total. The Morgan fingerprint density at radius 1 is 0.732 bits per heavy atom. The van der Waals surface area contributed by atoms with Crippen molar-refractivity contribution >= 4 is 22.5 Å². The number of unbranched alkanes of at least 4 members (excludes halogenated alkanes) is 5. The molecule has 0 N–H and O–H groups in total. The van der Waals surface area contributed by atoms with E-state index in [2.05, 4.69) is 4.90 Å². The van der Waals surface area contributed by atoms with Crippen LogP contribution in [0.1, 0.15) is 82.5 Å². The summed E-state index contributed by atoms with van der Waals surface area (Å²) in [4.78, 5) is 32.0. The fraction of sp³-hybridized carbons (Fsp3) is 0.500. The first-order valence-corrected chi connectivity index (χ1v) is 20.3. The predicted octanol–water partition coefficient (Wildman–Crippen LogP) is 5.38. The van der Waals surface area contributed by atoms with Crippen LogP contribution in [-0.4, -0.2) is 92.0 Å². The molecule has 304 valence electrons. The van der Waals surface area contributed by atoms with E-state index in [0.29, 0.717) is 53.7 Å². The molecule has 7 rings (SSSR count). The molecule has 56 heavy (non-hydrogen) atoms. The molecule has 3 saturated heterocycles. The molecule has 0 aliphatic carbocycles. The third-order valence-corrected chi connectivity index (χ3v) is 11.0. The number of carbonyl (C=O) groups excluding carboxylic acids is 1. The lowest BCUT2D eigenvalue weighted by atomic mass is 10.1. The van der Waals surface area contributed by atoms with Gasteiger partial charge in [0.15, 0.2) is 0 Å². The Morgan fingerprint density at radius 2 is 1.32 bits per heavy atom. The van der Waals surface area contributed by atoms with Crippen LogP contribution in [0.5, 0.6) is 17.2 Å². The van der Waals surface area contributed by atoms with Crippen LogP contribution >= 0.6 is 0 Å². The van der Waals surface area contributed by atoms with Gasteiger partial charge in [0.05, 0.1) is 57.2 Å². The van der Waals surface area contributed by atoms with Crippen molar-refractivity contribution in [3.63, 3.8) is 0 Å². The van der Waals surface area contributed by atoms with Crippen molar-refractivity contribution in [3.8, 4) is 22.9 Å². The van der Waals surface area contributed by atoms with Gasteiger partial charge in [-0.05, 0) is 63.3 Å². The van der Waals surface area contributed by atoms with E-state index in [1.165, 1.54) is 87.1 Å². The van der Waals surface area contributed by atoms with Gasteiger partial charge < -0.3 is 45.1 Å². The number of fused-ring (bicyclic) bond motifs is 4. The van der Waals surface area contributed by atoms with Gasteiger partial charge in [0.25, 0.3) is 5.91 Å². The maximum atomic E-state index is 14.3. The second-order valence-corrected chi connectivity index (χ2v) is 15.0. The molecule has 2 bridgehead atoms. The average molecular weight is 840 g/mol. The van der Waals surface area contributed by atoms with Crippen molar-refractivity contribution in [1.82, 2.24) is 9.47 Å². The van der Waals surface area contributed by atoms with E-state index in [0.717, 1.165) is 43.9 Å². The number of amides is 1. The van der Waals surface area contributed by atoms with Crippen LogP contribution < -0.4 is 41.5 Å². The molecular formula is C44H57BrF2N4O5. The molecule has 0 radical (unpaired) electrons. The Hall–Kier alpha value is -4.00. The molecule has 4 aromatic rings. The highest BCUT2D eigenvalue weighted by Gasteiger charge is 2.37. The number of anilines is 1. The van der Waals surface area contributed by atoms with E-state index in [-0.39, 0.29) is 34.8 Å². The molecule has 0 unspecified atom stereocenters. The Balaban J connectivity index is 0.00000600. The minimum atomic E-state index is -0.817. The van der Waals surface area contributed by atoms with Crippen LogP contribution in [0.15, 0.2) is 65.6 Å². The summed E-state index contributed by atoms with van der Waals surface area (Å²) in [6, 6.07) is 13.7. The zero-order chi connectivity index (χ0) is 38.8. The quantitative estimate of drug-likeness (QED) is 0.0880. The molecule has 3 aliphatic heterocycles. The third kappa shape index (κ3) is 10.7. The third-order valence-electron chi connectivity index (χ3n) is 11.0. The number of ether oxygens (including phenoxy) is 3. The van der Waals surface area contributed by atoms with Crippen LogP contribution in [0, 0.1) is 11.6 Å². The number of quaternary nitrogens is 1. The van der Waals surface area contributed by atoms with E-state index in [4.69, 9.17) is 14.2 Å². The molecular weight excluding hydrogens is 782 g/mol. The Labute approximate surface area is 340 Å². The minimum Gasteiger partial charge on any atom is -1.00 e. The molecule has 0 saturated carbocycles. The first-order chi connectivity index (χ1) is 26.7. The molecule has 12 heteroatoms. The smallest absolute Gasteiger partial charge is 0.263 e. The maximum absolute atomic E-state index is 14.3. The fourth-order valence-electron chi connectivity index (χ4n) is 7.86. The van der Waals surface area contributed by atoms with Gasteiger partial charge in [0.1, 0.15) is 34.4 Å². The standard InChI is InChI=1S/C44H57F2N4O5.BrH/c1-4-22-53-38-28-36(29-39(30-38)54-23-5-2)49-32-41(44(52)48(6-3)35-26-33(45)25-34(46)27-35)43(51)40-14-13-37(31-42(40)49)55-24-12-10-8-7-9-11-18-50-19-15-47(16-20-50)17-21-50;/h13-14,25-32H,4-12,15-24H2,1-3H3;1H/q+1;/p-1. The number of piperazine rings is 3. The topological polar surface area (TPSA) is 73.2 Å². The highest BCUT2D eigenvalue weighted by Crippen LogP contribution is 2.30. The number of carbonyl (C=O) groups is 1. The van der Waals surface area contributed by atoms with Crippen LogP contribution in [-0.2, 0) is 0 Å². The molecule has 3 aromatic carbocycles. The number of rotatable bonds is 20. The molecule has 1 amide bonds. The van der Waals surface area contributed by atoms with Crippen molar-refractivity contribution in [2.24, 2.45) is 0 Å². The van der Waals surface area contributed by atoms with Crippen molar-refractivity contribution in [1.29, 1.82) is 0 Å². The maximum Gasteiger partial charge on any atom is 0.263 e. The monoisotopic (exact) mass is 838 g/mol. The molecule has 3 aliphatic rings.